The summed E-state index contributed by atoms with van der Waals surface area (Å²) < 4.78 is 9.96. The molecule has 1 aromatic carbocycles. The van der Waals surface area contributed by atoms with Crippen molar-refractivity contribution < 1.29 is 19.8 Å². The van der Waals surface area contributed by atoms with Crippen LogP contribution < -0.4 is 15.0 Å². The van der Waals surface area contributed by atoms with Gasteiger partial charge in [0, 0.05) is 18.2 Å². The van der Waals surface area contributed by atoms with E-state index in [2.05, 4.69) is 0 Å². The minimum absolute atomic E-state index is 0.0125. The standard InChI is InChI=1S/C9H13NO4/c1-13-8-4-9(14-2)7(11)3-6(8)5-10-12/h3-4,10-12H,5H2,1-2H3. The first-order chi connectivity index (χ1) is 6.72. The van der Waals surface area contributed by atoms with Gasteiger partial charge in [-0.3, -0.25) is 0 Å². The highest BCUT2D eigenvalue weighted by Crippen LogP contribution is 2.33. The van der Waals surface area contributed by atoms with Crippen LogP contribution >= 0.6 is 0 Å². The van der Waals surface area contributed by atoms with Gasteiger partial charge in [-0.1, -0.05) is 0 Å². The molecule has 0 aliphatic heterocycles. The summed E-state index contributed by atoms with van der Waals surface area (Å²) in [7, 11) is 2.96. The summed E-state index contributed by atoms with van der Waals surface area (Å²) in [6.45, 7) is 0.195. The van der Waals surface area contributed by atoms with Gasteiger partial charge in [-0.15, -0.1) is 0 Å². The Morgan fingerprint density at radius 3 is 2.36 bits per heavy atom. The fourth-order valence-corrected chi connectivity index (χ4v) is 1.17. The first-order valence-electron chi connectivity index (χ1n) is 4.03. The summed E-state index contributed by atoms with van der Waals surface area (Å²) in [6, 6.07) is 3.03. The first-order valence-corrected chi connectivity index (χ1v) is 4.03. The predicted molar refractivity (Wildman–Crippen MR) is 49.8 cm³/mol. The summed E-state index contributed by atoms with van der Waals surface area (Å²) in [6.07, 6.45) is 0. The molecular weight excluding hydrogens is 186 g/mol. The molecule has 3 N–H and O–H groups in total. The second kappa shape index (κ2) is 4.69. The van der Waals surface area contributed by atoms with Gasteiger partial charge >= 0.3 is 0 Å². The van der Waals surface area contributed by atoms with Crippen molar-refractivity contribution in [1.29, 1.82) is 0 Å². The highest BCUT2D eigenvalue weighted by molar-refractivity contribution is 5.49. The molecule has 0 amide bonds. The molecule has 78 valence electrons. The van der Waals surface area contributed by atoms with E-state index in [-0.39, 0.29) is 12.3 Å². The topological polar surface area (TPSA) is 71.0 Å². The quantitative estimate of drug-likeness (QED) is 0.628. The Labute approximate surface area is 81.8 Å². The Morgan fingerprint density at radius 1 is 1.21 bits per heavy atom. The maximum atomic E-state index is 9.45. The molecule has 14 heavy (non-hydrogen) atoms. The van der Waals surface area contributed by atoms with Crippen molar-refractivity contribution >= 4 is 0 Å². The van der Waals surface area contributed by atoms with Crippen LogP contribution in [0.5, 0.6) is 17.2 Å². The number of benzene rings is 1. The Balaban J connectivity index is 3.10. The molecule has 0 heterocycles. The maximum absolute atomic E-state index is 9.45. The van der Waals surface area contributed by atoms with E-state index in [1.165, 1.54) is 20.3 Å². The van der Waals surface area contributed by atoms with E-state index in [0.717, 1.165) is 0 Å². The van der Waals surface area contributed by atoms with E-state index >= 15 is 0 Å². The van der Waals surface area contributed by atoms with Gasteiger partial charge in [0.1, 0.15) is 5.75 Å². The van der Waals surface area contributed by atoms with Gasteiger partial charge in [0.25, 0.3) is 0 Å². The normalized spacial score (nSPS) is 9.93. The third-order valence-electron chi connectivity index (χ3n) is 1.85. The molecule has 0 aliphatic rings. The average Bonchev–Trinajstić information content (AvgIpc) is 2.19. The third-order valence-corrected chi connectivity index (χ3v) is 1.85. The third kappa shape index (κ3) is 2.07. The second-order valence-electron chi connectivity index (χ2n) is 2.67. The van der Waals surface area contributed by atoms with Crippen LogP contribution in [0, 0.1) is 0 Å². The lowest BCUT2D eigenvalue weighted by atomic mass is 10.2. The number of aromatic hydroxyl groups is 1. The molecule has 0 atom stereocenters. The lowest BCUT2D eigenvalue weighted by molar-refractivity contribution is 0.160. The van der Waals surface area contributed by atoms with Crippen molar-refractivity contribution in [2.45, 2.75) is 6.54 Å². The van der Waals surface area contributed by atoms with Crippen molar-refractivity contribution in [3.8, 4) is 17.2 Å². The molecular formula is C9H13NO4. The zero-order valence-corrected chi connectivity index (χ0v) is 8.07. The molecule has 0 unspecified atom stereocenters. The summed E-state index contributed by atoms with van der Waals surface area (Å²) in [5.41, 5.74) is 2.64. The van der Waals surface area contributed by atoms with Crippen LogP contribution in [0.4, 0.5) is 0 Å². The Bertz CT molecular complexity index is 314. The zero-order chi connectivity index (χ0) is 10.6. The molecule has 5 nitrogen and oxygen atoms in total. The minimum atomic E-state index is 0.0125. The number of hydroxylamine groups is 1. The average molecular weight is 199 g/mol. The van der Waals surface area contributed by atoms with E-state index < -0.39 is 0 Å². The van der Waals surface area contributed by atoms with E-state index in [1.807, 2.05) is 5.48 Å². The van der Waals surface area contributed by atoms with E-state index in [0.29, 0.717) is 17.1 Å². The Hall–Kier alpha value is -1.46. The number of rotatable bonds is 4. The molecule has 1 rings (SSSR count). The molecule has 0 spiro atoms. The number of methoxy groups -OCH3 is 2. The molecule has 0 bridgehead atoms. The van der Waals surface area contributed by atoms with Gasteiger partial charge in [-0.2, -0.15) is 0 Å². The van der Waals surface area contributed by atoms with Gasteiger partial charge in [-0.05, 0) is 6.07 Å². The van der Waals surface area contributed by atoms with E-state index in [4.69, 9.17) is 14.7 Å². The predicted octanol–water partition coefficient (Wildman–Crippen LogP) is 0.888. The van der Waals surface area contributed by atoms with E-state index in [1.54, 1.807) is 6.07 Å². The van der Waals surface area contributed by atoms with Crippen molar-refractivity contribution in [3.05, 3.63) is 17.7 Å². The van der Waals surface area contributed by atoms with Crippen LogP contribution in [0.15, 0.2) is 12.1 Å². The fourth-order valence-electron chi connectivity index (χ4n) is 1.17. The largest absolute Gasteiger partial charge is 0.504 e. The maximum Gasteiger partial charge on any atom is 0.164 e. The number of hydrogen-bond acceptors (Lipinski definition) is 5. The number of nitrogens with one attached hydrogen (secondary N) is 1. The SMILES string of the molecule is COc1cc(OC)c(CNO)cc1O. The van der Waals surface area contributed by atoms with Crippen LogP contribution in [0.3, 0.4) is 0 Å². The van der Waals surface area contributed by atoms with Crippen LogP contribution in [0.2, 0.25) is 0 Å². The second-order valence-corrected chi connectivity index (χ2v) is 2.67. The molecule has 0 saturated carbocycles. The van der Waals surface area contributed by atoms with Crippen molar-refractivity contribution in [2.75, 3.05) is 14.2 Å². The minimum Gasteiger partial charge on any atom is -0.504 e. The Kier molecular flexibility index (Phi) is 3.55. The lowest BCUT2D eigenvalue weighted by Crippen LogP contribution is -2.07. The summed E-state index contributed by atoms with van der Waals surface area (Å²) >= 11 is 0. The molecule has 0 aliphatic carbocycles. The van der Waals surface area contributed by atoms with Gasteiger partial charge < -0.3 is 19.8 Å². The van der Waals surface area contributed by atoms with Crippen LogP contribution in [0.25, 0.3) is 0 Å². The van der Waals surface area contributed by atoms with Gasteiger partial charge in [-0.25, -0.2) is 5.48 Å². The summed E-state index contributed by atoms with van der Waals surface area (Å²) in [4.78, 5) is 0. The van der Waals surface area contributed by atoms with E-state index in [9.17, 15) is 5.11 Å². The van der Waals surface area contributed by atoms with Crippen LogP contribution in [-0.2, 0) is 6.54 Å². The molecule has 1 aromatic rings. The Morgan fingerprint density at radius 2 is 1.86 bits per heavy atom. The number of phenols is 1. The lowest BCUT2D eigenvalue weighted by Gasteiger charge is -2.11. The van der Waals surface area contributed by atoms with Crippen LogP contribution in [0.1, 0.15) is 5.56 Å². The van der Waals surface area contributed by atoms with Crippen molar-refractivity contribution in [3.63, 3.8) is 0 Å². The van der Waals surface area contributed by atoms with Crippen molar-refractivity contribution in [1.82, 2.24) is 5.48 Å². The van der Waals surface area contributed by atoms with Crippen LogP contribution in [-0.4, -0.2) is 24.5 Å². The molecule has 0 aromatic heterocycles. The summed E-state index contributed by atoms with van der Waals surface area (Å²) in [5.74, 6) is 0.892. The summed E-state index contributed by atoms with van der Waals surface area (Å²) in [5, 5.41) is 18.0. The smallest absolute Gasteiger partial charge is 0.164 e. The van der Waals surface area contributed by atoms with Crippen molar-refractivity contribution in [2.24, 2.45) is 0 Å². The number of ether oxygens (including phenoxy) is 2. The zero-order valence-electron chi connectivity index (χ0n) is 8.07. The van der Waals surface area contributed by atoms with Gasteiger partial charge in [0.2, 0.25) is 0 Å². The molecule has 5 heteroatoms. The highest BCUT2D eigenvalue weighted by atomic mass is 16.5. The van der Waals surface area contributed by atoms with Gasteiger partial charge in [0.15, 0.2) is 11.5 Å². The molecule has 0 radical (unpaired) electrons. The monoisotopic (exact) mass is 199 g/mol. The highest BCUT2D eigenvalue weighted by Gasteiger charge is 2.09. The molecule has 0 fully saturated rings. The fraction of sp³-hybridized carbons (Fsp3) is 0.333. The number of phenolic OH excluding ortho intramolecular Hbond substituents is 1. The first kappa shape index (κ1) is 10.6. The number of hydrogen-bond donors (Lipinski definition) is 3. The molecule has 0 saturated heterocycles. The van der Waals surface area contributed by atoms with Gasteiger partial charge in [0.05, 0.1) is 14.2 Å².